The van der Waals surface area contributed by atoms with Gasteiger partial charge in [0.05, 0.1) is 0 Å². The number of allylic oxidation sites excluding steroid dienone is 1. The highest BCUT2D eigenvalue weighted by Gasteiger charge is 2.24. The Balaban J connectivity index is 1.92. The predicted octanol–water partition coefficient (Wildman–Crippen LogP) is 4.73. The molecule has 0 bridgehead atoms. The lowest BCUT2D eigenvalue weighted by Gasteiger charge is -2.25. The smallest absolute Gasteiger partial charge is 0.212 e. The number of benzene rings is 2. The van der Waals surface area contributed by atoms with Crippen molar-refractivity contribution in [1.29, 1.82) is 0 Å². The number of aromatic nitrogens is 1. The molecule has 2 heteroatoms. The van der Waals surface area contributed by atoms with Crippen LogP contribution in [0.1, 0.15) is 25.0 Å². The number of nitrogens with zero attached hydrogens (tertiary/aromatic N) is 2. The molecule has 1 aromatic heterocycles. The maximum absolute atomic E-state index is 4.55. The third-order valence-electron chi connectivity index (χ3n) is 4.83. The summed E-state index contributed by atoms with van der Waals surface area (Å²) < 4.78 is 2.14. The lowest BCUT2D eigenvalue weighted by molar-refractivity contribution is -0.644. The summed E-state index contributed by atoms with van der Waals surface area (Å²) in [7, 11) is 3.94. The van der Waals surface area contributed by atoms with Gasteiger partial charge in [0.2, 0.25) is 5.52 Å². The number of hydrogen-bond acceptors (Lipinski definition) is 1. The second-order valence-electron chi connectivity index (χ2n) is 6.87. The van der Waals surface area contributed by atoms with E-state index in [0.717, 1.165) is 5.71 Å². The second-order valence-corrected chi connectivity index (χ2v) is 6.87. The van der Waals surface area contributed by atoms with E-state index in [-0.39, 0.29) is 5.41 Å². The van der Waals surface area contributed by atoms with E-state index in [1.165, 1.54) is 22.0 Å². The first-order valence-electron chi connectivity index (χ1n) is 8.61. The largest absolute Gasteiger partial charge is 0.292 e. The van der Waals surface area contributed by atoms with Crippen LogP contribution < -0.4 is 4.57 Å². The third-order valence-corrected chi connectivity index (χ3v) is 4.83. The Kier molecular flexibility index (Phi) is 4.80. The van der Waals surface area contributed by atoms with Gasteiger partial charge in [-0.2, -0.15) is 0 Å². The average Bonchev–Trinajstić information content (AvgIpc) is 2.63. The Morgan fingerprint density at radius 3 is 2.48 bits per heavy atom. The molecule has 0 unspecified atom stereocenters. The van der Waals surface area contributed by atoms with Crippen LogP contribution in [0.15, 0.2) is 77.9 Å². The van der Waals surface area contributed by atoms with Gasteiger partial charge in [0, 0.05) is 35.7 Å². The Hall–Kier alpha value is -2.74. The summed E-state index contributed by atoms with van der Waals surface area (Å²) in [4.78, 5) is 4.55. The van der Waals surface area contributed by atoms with Crippen molar-refractivity contribution in [2.24, 2.45) is 12.0 Å². The number of fused-ring (bicyclic) bond motifs is 1. The van der Waals surface area contributed by atoms with E-state index in [0.29, 0.717) is 0 Å². The van der Waals surface area contributed by atoms with E-state index in [1.54, 1.807) is 0 Å². The lowest BCUT2D eigenvalue weighted by Crippen LogP contribution is -2.27. The van der Waals surface area contributed by atoms with E-state index in [2.05, 4.69) is 103 Å². The summed E-state index contributed by atoms with van der Waals surface area (Å²) in [6.07, 6.45) is 6.36. The fourth-order valence-electron chi connectivity index (χ4n) is 3.23. The molecule has 0 spiro atoms. The van der Waals surface area contributed by atoms with Gasteiger partial charge in [0.25, 0.3) is 0 Å². The topological polar surface area (TPSA) is 16.2 Å². The first kappa shape index (κ1) is 17.1. The van der Waals surface area contributed by atoms with Crippen LogP contribution in [-0.2, 0) is 12.5 Å². The fraction of sp³-hybridized carbons (Fsp3) is 0.217. The zero-order valence-electron chi connectivity index (χ0n) is 15.4. The predicted molar refractivity (Wildman–Crippen MR) is 107 cm³/mol. The van der Waals surface area contributed by atoms with Crippen LogP contribution in [0.4, 0.5) is 0 Å². The Bertz CT molecular complexity index is 935. The zero-order valence-corrected chi connectivity index (χ0v) is 15.4. The molecule has 0 amide bonds. The molecule has 0 atom stereocenters. The molecule has 0 radical (unpaired) electrons. The molecule has 0 fully saturated rings. The quantitative estimate of drug-likeness (QED) is 0.486. The van der Waals surface area contributed by atoms with Gasteiger partial charge in [-0.15, -0.1) is 0 Å². The maximum atomic E-state index is 4.55. The average molecular weight is 329 g/mol. The van der Waals surface area contributed by atoms with E-state index >= 15 is 0 Å². The summed E-state index contributed by atoms with van der Waals surface area (Å²) in [6, 6.07) is 21.3. The van der Waals surface area contributed by atoms with Crippen LogP contribution in [0, 0.1) is 0 Å². The van der Waals surface area contributed by atoms with Crippen LogP contribution in [0.25, 0.3) is 17.0 Å². The van der Waals surface area contributed by atoms with Crippen molar-refractivity contribution in [2.75, 3.05) is 7.05 Å². The van der Waals surface area contributed by atoms with Crippen LogP contribution in [-0.4, -0.2) is 12.8 Å². The normalized spacial score (nSPS) is 12.9. The van der Waals surface area contributed by atoms with E-state index in [9.17, 15) is 0 Å². The molecule has 2 nitrogen and oxygen atoms in total. The number of aryl methyl sites for hydroxylation is 1. The van der Waals surface area contributed by atoms with Gasteiger partial charge < -0.3 is 0 Å². The molecule has 3 rings (SSSR count). The van der Waals surface area contributed by atoms with Gasteiger partial charge in [-0.1, -0.05) is 50.3 Å². The minimum atomic E-state index is -0.129. The van der Waals surface area contributed by atoms with Crippen LogP contribution in [0.3, 0.4) is 0 Å². The molecule has 0 aliphatic carbocycles. The first-order chi connectivity index (χ1) is 12.0. The third kappa shape index (κ3) is 3.53. The van der Waals surface area contributed by atoms with Gasteiger partial charge in [-0.05, 0) is 35.4 Å². The Morgan fingerprint density at radius 1 is 1.00 bits per heavy atom. The highest BCUT2D eigenvalue weighted by molar-refractivity contribution is 6.05. The van der Waals surface area contributed by atoms with Crippen molar-refractivity contribution in [2.45, 2.75) is 19.3 Å². The number of pyridine rings is 1. The van der Waals surface area contributed by atoms with E-state index < -0.39 is 0 Å². The van der Waals surface area contributed by atoms with Gasteiger partial charge in [-0.3, -0.25) is 4.99 Å². The second kappa shape index (κ2) is 7.02. The van der Waals surface area contributed by atoms with Crippen molar-refractivity contribution >= 4 is 22.7 Å². The molecule has 126 valence electrons. The molecule has 0 saturated carbocycles. The summed E-state index contributed by atoms with van der Waals surface area (Å²) in [5, 5.41) is 1.24. The lowest BCUT2D eigenvalue weighted by atomic mass is 9.79. The van der Waals surface area contributed by atoms with Gasteiger partial charge in [0.1, 0.15) is 7.05 Å². The van der Waals surface area contributed by atoms with Crippen molar-refractivity contribution in [3.63, 3.8) is 0 Å². The zero-order chi connectivity index (χ0) is 17.9. The van der Waals surface area contributed by atoms with Crippen molar-refractivity contribution < 1.29 is 4.57 Å². The van der Waals surface area contributed by atoms with Crippen molar-refractivity contribution in [3.05, 3.63) is 84.1 Å². The Labute approximate surface area is 150 Å². The molecule has 2 aromatic carbocycles. The molecular formula is C23H25N2+. The molecule has 0 saturated heterocycles. The molecule has 3 aromatic rings. The summed E-state index contributed by atoms with van der Waals surface area (Å²) in [5.41, 5.74) is 4.62. The maximum Gasteiger partial charge on any atom is 0.212 e. The van der Waals surface area contributed by atoms with Gasteiger partial charge >= 0.3 is 0 Å². The van der Waals surface area contributed by atoms with Crippen LogP contribution >= 0.6 is 0 Å². The highest BCUT2D eigenvalue weighted by atomic mass is 14.9. The molecule has 1 heterocycles. The van der Waals surface area contributed by atoms with Crippen molar-refractivity contribution in [1.82, 2.24) is 0 Å². The minimum absolute atomic E-state index is 0.129. The number of rotatable bonds is 4. The Morgan fingerprint density at radius 2 is 1.76 bits per heavy atom. The van der Waals surface area contributed by atoms with E-state index in [4.69, 9.17) is 0 Å². The standard InChI is InChI=1S/C23H25N2/c1-23(2,20-10-6-5-7-11-20)22(24-3)15-13-18-12-14-21-19(17-18)9-8-16-25(21)4/h5-17H,1-4H3/q+1/b15-13+,24-22+. The molecule has 0 aliphatic heterocycles. The molecule has 0 N–H and O–H groups in total. The first-order valence-corrected chi connectivity index (χ1v) is 8.61. The summed E-state index contributed by atoms with van der Waals surface area (Å²) in [5.74, 6) is 0. The van der Waals surface area contributed by atoms with Gasteiger partial charge in [-0.25, -0.2) is 4.57 Å². The minimum Gasteiger partial charge on any atom is -0.292 e. The van der Waals surface area contributed by atoms with Gasteiger partial charge in [0.15, 0.2) is 6.20 Å². The van der Waals surface area contributed by atoms with Crippen LogP contribution in [0.5, 0.6) is 0 Å². The fourth-order valence-corrected chi connectivity index (χ4v) is 3.23. The summed E-state index contributed by atoms with van der Waals surface area (Å²) in [6.45, 7) is 4.44. The van der Waals surface area contributed by atoms with Crippen molar-refractivity contribution in [3.8, 4) is 0 Å². The highest BCUT2D eigenvalue weighted by Crippen LogP contribution is 2.26. The van der Waals surface area contributed by atoms with E-state index in [1.807, 2.05) is 13.1 Å². The monoisotopic (exact) mass is 329 g/mol. The number of aliphatic imine (C=N–C) groups is 1. The summed E-state index contributed by atoms with van der Waals surface area (Å²) >= 11 is 0. The molecule has 25 heavy (non-hydrogen) atoms. The van der Waals surface area contributed by atoms with Crippen LogP contribution in [0.2, 0.25) is 0 Å². The SMILES string of the molecule is C/N=C(\C=C\c1ccc2c(ccc[n+]2C)c1)C(C)(C)c1ccccc1. The molecule has 0 aliphatic rings. The molecular weight excluding hydrogens is 304 g/mol. The number of hydrogen-bond donors (Lipinski definition) is 0.